The molecule has 0 unspecified atom stereocenters. The first-order valence-corrected chi connectivity index (χ1v) is 6.90. The SMILES string of the molecule is CC1(CNC(=O)c2cccc(C(N)=NO)c2)CCCC1. The lowest BCUT2D eigenvalue weighted by atomic mass is 9.89. The molecule has 2 rings (SSSR count). The van der Waals surface area contributed by atoms with Gasteiger partial charge < -0.3 is 16.3 Å². The average molecular weight is 275 g/mol. The van der Waals surface area contributed by atoms with Gasteiger partial charge in [0.05, 0.1) is 0 Å². The first kappa shape index (κ1) is 14.4. The van der Waals surface area contributed by atoms with Crippen LogP contribution in [0.3, 0.4) is 0 Å². The van der Waals surface area contributed by atoms with Gasteiger partial charge in [0, 0.05) is 17.7 Å². The highest BCUT2D eigenvalue weighted by atomic mass is 16.4. The van der Waals surface area contributed by atoms with Gasteiger partial charge in [-0.25, -0.2) is 0 Å². The molecule has 20 heavy (non-hydrogen) atoms. The van der Waals surface area contributed by atoms with Gasteiger partial charge in [-0.05, 0) is 30.4 Å². The summed E-state index contributed by atoms with van der Waals surface area (Å²) in [5.74, 6) is -0.117. The van der Waals surface area contributed by atoms with Crippen LogP contribution in [0, 0.1) is 5.41 Å². The Morgan fingerprint density at radius 2 is 2.05 bits per heavy atom. The average Bonchev–Trinajstić information content (AvgIpc) is 2.91. The molecular formula is C15H21N3O2. The normalized spacial score (nSPS) is 17.9. The molecule has 0 bridgehead atoms. The fraction of sp³-hybridized carbons (Fsp3) is 0.467. The summed E-state index contributed by atoms with van der Waals surface area (Å²) >= 11 is 0. The Hall–Kier alpha value is -2.04. The molecule has 0 spiro atoms. The molecule has 1 fully saturated rings. The van der Waals surface area contributed by atoms with Crippen LogP contribution in [0.15, 0.2) is 29.4 Å². The van der Waals surface area contributed by atoms with Crippen LogP contribution >= 0.6 is 0 Å². The Balaban J connectivity index is 2.02. The van der Waals surface area contributed by atoms with Gasteiger partial charge in [-0.2, -0.15) is 0 Å². The topological polar surface area (TPSA) is 87.7 Å². The molecule has 0 heterocycles. The van der Waals surface area contributed by atoms with E-state index in [-0.39, 0.29) is 17.2 Å². The van der Waals surface area contributed by atoms with E-state index in [2.05, 4.69) is 17.4 Å². The fourth-order valence-corrected chi connectivity index (χ4v) is 2.68. The number of nitrogens with one attached hydrogen (secondary N) is 1. The van der Waals surface area contributed by atoms with Gasteiger partial charge in [0.15, 0.2) is 5.84 Å². The van der Waals surface area contributed by atoms with Crippen molar-refractivity contribution in [2.24, 2.45) is 16.3 Å². The fourth-order valence-electron chi connectivity index (χ4n) is 2.68. The largest absolute Gasteiger partial charge is 0.409 e. The second-order valence-corrected chi connectivity index (χ2v) is 5.77. The number of nitrogens with two attached hydrogens (primary N) is 1. The minimum absolute atomic E-state index is 0.00223. The third-order valence-electron chi connectivity index (χ3n) is 4.01. The van der Waals surface area contributed by atoms with Gasteiger partial charge >= 0.3 is 0 Å². The lowest BCUT2D eigenvalue weighted by Gasteiger charge is -2.23. The number of hydrogen-bond donors (Lipinski definition) is 3. The molecule has 0 aliphatic heterocycles. The zero-order chi connectivity index (χ0) is 14.6. The number of carbonyl (C=O) groups is 1. The van der Waals surface area contributed by atoms with Crippen molar-refractivity contribution in [3.8, 4) is 0 Å². The summed E-state index contributed by atoms with van der Waals surface area (Å²) in [5, 5.41) is 14.6. The molecular weight excluding hydrogens is 254 g/mol. The highest BCUT2D eigenvalue weighted by molar-refractivity contribution is 6.01. The van der Waals surface area contributed by atoms with E-state index in [1.54, 1.807) is 24.3 Å². The highest BCUT2D eigenvalue weighted by Crippen LogP contribution is 2.36. The van der Waals surface area contributed by atoms with Gasteiger partial charge in [0.25, 0.3) is 5.91 Å². The first-order chi connectivity index (χ1) is 9.54. The van der Waals surface area contributed by atoms with E-state index in [0.29, 0.717) is 17.7 Å². The molecule has 1 aliphatic carbocycles. The number of rotatable bonds is 4. The molecule has 108 valence electrons. The van der Waals surface area contributed by atoms with E-state index < -0.39 is 0 Å². The van der Waals surface area contributed by atoms with Crippen LogP contribution in [0.25, 0.3) is 0 Å². The van der Waals surface area contributed by atoms with Crippen molar-refractivity contribution in [1.82, 2.24) is 5.32 Å². The Kier molecular flexibility index (Phi) is 4.27. The summed E-state index contributed by atoms with van der Waals surface area (Å²) in [6.07, 6.45) is 4.81. The summed E-state index contributed by atoms with van der Waals surface area (Å²) in [6.45, 7) is 2.91. The zero-order valence-electron chi connectivity index (χ0n) is 11.7. The summed E-state index contributed by atoms with van der Waals surface area (Å²) in [6, 6.07) is 6.77. The summed E-state index contributed by atoms with van der Waals surface area (Å²) in [7, 11) is 0. The molecule has 0 radical (unpaired) electrons. The molecule has 5 nitrogen and oxygen atoms in total. The number of amidine groups is 1. The molecule has 5 heteroatoms. The van der Waals surface area contributed by atoms with Gasteiger partial charge in [-0.3, -0.25) is 4.79 Å². The van der Waals surface area contributed by atoms with Crippen molar-refractivity contribution in [2.45, 2.75) is 32.6 Å². The third kappa shape index (κ3) is 3.29. The lowest BCUT2D eigenvalue weighted by Crippen LogP contribution is -2.34. The van der Waals surface area contributed by atoms with E-state index in [0.717, 1.165) is 12.8 Å². The second-order valence-electron chi connectivity index (χ2n) is 5.77. The molecule has 0 aromatic heterocycles. The molecule has 0 saturated heterocycles. The summed E-state index contributed by atoms with van der Waals surface area (Å²) in [4.78, 5) is 12.2. The Morgan fingerprint density at radius 3 is 2.70 bits per heavy atom. The van der Waals surface area contributed by atoms with Crippen molar-refractivity contribution in [3.05, 3.63) is 35.4 Å². The standard InChI is InChI=1S/C15H21N3O2/c1-15(7-2-3-8-15)10-17-14(19)12-6-4-5-11(9-12)13(16)18-20/h4-6,9,20H,2-3,7-8,10H2,1H3,(H2,16,18)(H,17,19). The van der Waals surface area contributed by atoms with Crippen molar-refractivity contribution in [2.75, 3.05) is 6.54 Å². The smallest absolute Gasteiger partial charge is 0.251 e. The maximum Gasteiger partial charge on any atom is 0.251 e. The first-order valence-electron chi connectivity index (χ1n) is 6.90. The maximum atomic E-state index is 12.2. The molecule has 1 aliphatic rings. The number of amides is 1. The van der Waals surface area contributed by atoms with E-state index in [4.69, 9.17) is 10.9 Å². The van der Waals surface area contributed by atoms with Crippen LogP contribution in [0.2, 0.25) is 0 Å². The molecule has 1 saturated carbocycles. The van der Waals surface area contributed by atoms with Gasteiger partial charge in [0.1, 0.15) is 0 Å². The Morgan fingerprint density at radius 1 is 1.40 bits per heavy atom. The van der Waals surface area contributed by atoms with E-state index in [9.17, 15) is 4.79 Å². The molecule has 1 aromatic rings. The molecule has 4 N–H and O–H groups in total. The summed E-state index contributed by atoms with van der Waals surface area (Å²) < 4.78 is 0. The Bertz CT molecular complexity index is 520. The van der Waals surface area contributed by atoms with Crippen LogP contribution in [0.5, 0.6) is 0 Å². The number of hydrogen-bond acceptors (Lipinski definition) is 3. The van der Waals surface area contributed by atoms with Crippen LogP contribution in [-0.4, -0.2) is 23.5 Å². The minimum atomic E-state index is -0.120. The molecule has 1 aromatic carbocycles. The third-order valence-corrected chi connectivity index (χ3v) is 4.01. The quantitative estimate of drug-likeness (QED) is 0.340. The number of oxime groups is 1. The van der Waals surface area contributed by atoms with Gasteiger partial charge in [-0.1, -0.05) is 37.1 Å². The minimum Gasteiger partial charge on any atom is -0.409 e. The van der Waals surface area contributed by atoms with E-state index in [1.165, 1.54) is 12.8 Å². The van der Waals surface area contributed by atoms with Crippen LogP contribution < -0.4 is 11.1 Å². The predicted molar refractivity (Wildman–Crippen MR) is 77.9 cm³/mol. The van der Waals surface area contributed by atoms with E-state index in [1.807, 2.05) is 0 Å². The lowest BCUT2D eigenvalue weighted by molar-refractivity contribution is 0.0934. The van der Waals surface area contributed by atoms with Gasteiger partial charge in [-0.15, -0.1) is 0 Å². The van der Waals surface area contributed by atoms with Gasteiger partial charge in [0.2, 0.25) is 0 Å². The number of carbonyl (C=O) groups excluding carboxylic acids is 1. The second kappa shape index (κ2) is 5.94. The Labute approximate surface area is 118 Å². The van der Waals surface area contributed by atoms with Crippen molar-refractivity contribution < 1.29 is 10.0 Å². The predicted octanol–water partition coefficient (Wildman–Crippen LogP) is 2.09. The monoisotopic (exact) mass is 275 g/mol. The summed E-state index contributed by atoms with van der Waals surface area (Å²) in [5.41, 5.74) is 6.81. The van der Waals surface area contributed by atoms with Crippen LogP contribution in [-0.2, 0) is 0 Å². The van der Waals surface area contributed by atoms with Crippen molar-refractivity contribution in [3.63, 3.8) is 0 Å². The van der Waals surface area contributed by atoms with Crippen molar-refractivity contribution in [1.29, 1.82) is 0 Å². The molecule has 1 amide bonds. The number of benzene rings is 1. The zero-order valence-corrected chi connectivity index (χ0v) is 11.7. The maximum absolute atomic E-state index is 12.2. The van der Waals surface area contributed by atoms with Crippen LogP contribution in [0.4, 0.5) is 0 Å². The highest BCUT2D eigenvalue weighted by Gasteiger charge is 2.28. The van der Waals surface area contributed by atoms with Crippen molar-refractivity contribution >= 4 is 11.7 Å². The molecule has 0 atom stereocenters. The van der Waals surface area contributed by atoms with Crippen LogP contribution in [0.1, 0.15) is 48.5 Å². The van der Waals surface area contributed by atoms with E-state index >= 15 is 0 Å². The number of nitrogens with zero attached hydrogens (tertiary/aromatic N) is 1.